The van der Waals surface area contributed by atoms with Gasteiger partial charge in [0.25, 0.3) is 11.8 Å². The zero-order chi connectivity index (χ0) is 16.8. The van der Waals surface area contributed by atoms with Crippen molar-refractivity contribution in [2.75, 3.05) is 6.54 Å². The van der Waals surface area contributed by atoms with E-state index in [2.05, 4.69) is 47.7 Å². The van der Waals surface area contributed by atoms with Crippen molar-refractivity contribution in [3.63, 3.8) is 0 Å². The van der Waals surface area contributed by atoms with Crippen LogP contribution in [-0.2, 0) is 4.79 Å². The van der Waals surface area contributed by atoms with E-state index in [0.717, 1.165) is 0 Å². The number of carbonyl (C=O) groups excluding carboxylic acids is 2. The molecule has 0 atom stereocenters. The maximum Gasteiger partial charge on any atom is 0.287 e. The van der Waals surface area contributed by atoms with Crippen LogP contribution in [0.15, 0.2) is 49.0 Å². The molecule has 120 valence electrons. The van der Waals surface area contributed by atoms with E-state index in [9.17, 15) is 14.7 Å². The van der Waals surface area contributed by atoms with Crippen LogP contribution in [0, 0.1) is 0 Å². The smallest absolute Gasteiger partial charge is 0.287 e. The molecule has 0 aliphatic heterocycles. The Morgan fingerprint density at radius 1 is 1.30 bits per heavy atom. The molecule has 0 saturated heterocycles. The fourth-order valence-corrected chi connectivity index (χ4v) is 2.76. The maximum atomic E-state index is 11.6. The first-order valence-electron chi connectivity index (χ1n) is 6.29. The van der Waals surface area contributed by atoms with Gasteiger partial charge in [-0.05, 0) is 61.7 Å². The number of nitrogens with zero attached hydrogens (tertiary/aromatic N) is 1. The van der Waals surface area contributed by atoms with Gasteiger partial charge in [-0.3, -0.25) is 9.59 Å². The number of phenolic OH excluding ortho intramolecular Hbond substituents is 1. The molecule has 9 heteroatoms. The van der Waals surface area contributed by atoms with Crippen LogP contribution in [0.25, 0.3) is 0 Å². The quantitative estimate of drug-likeness (QED) is 0.486. The van der Waals surface area contributed by atoms with Crippen LogP contribution < -0.4 is 10.7 Å². The summed E-state index contributed by atoms with van der Waals surface area (Å²) in [7, 11) is 0. The molecule has 0 unspecified atom stereocenters. The molecule has 0 fully saturated rings. The molecule has 0 aliphatic carbocycles. The van der Waals surface area contributed by atoms with Crippen LogP contribution in [0.1, 0.15) is 16.1 Å². The van der Waals surface area contributed by atoms with E-state index in [1.165, 1.54) is 18.5 Å². The van der Waals surface area contributed by atoms with Crippen molar-refractivity contribution in [3.05, 3.63) is 50.8 Å². The van der Waals surface area contributed by atoms with E-state index in [1.54, 1.807) is 18.2 Å². The van der Waals surface area contributed by atoms with E-state index < -0.39 is 11.8 Å². The van der Waals surface area contributed by atoms with Gasteiger partial charge < -0.3 is 14.8 Å². The largest absolute Gasteiger partial charge is 0.506 e. The topological polar surface area (TPSA) is 104 Å². The Kier molecular flexibility index (Phi) is 5.94. The van der Waals surface area contributed by atoms with Crippen molar-refractivity contribution in [2.45, 2.75) is 0 Å². The third-order valence-corrected chi connectivity index (χ3v) is 3.81. The Morgan fingerprint density at radius 2 is 2.00 bits per heavy atom. The molecule has 0 saturated carbocycles. The first kappa shape index (κ1) is 17.2. The van der Waals surface area contributed by atoms with Crippen molar-refractivity contribution in [1.82, 2.24) is 10.7 Å². The van der Waals surface area contributed by atoms with Crippen LogP contribution in [0.4, 0.5) is 0 Å². The summed E-state index contributed by atoms with van der Waals surface area (Å²) in [5.41, 5.74) is 2.93. The van der Waals surface area contributed by atoms with Crippen LogP contribution in [0.5, 0.6) is 5.75 Å². The van der Waals surface area contributed by atoms with Crippen molar-refractivity contribution >= 4 is 49.9 Å². The number of hydrogen-bond acceptors (Lipinski definition) is 5. The molecule has 23 heavy (non-hydrogen) atoms. The summed E-state index contributed by atoms with van der Waals surface area (Å²) in [4.78, 5) is 23.1. The monoisotopic (exact) mass is 443 g/mol. The fraction of sp³-hybridized carbons (Fsp3) is 0.0714. The van der Waals surface area contributed by atoms with Gasteiger partial charge in [-0.1, -0.05) is 0 Å². The zero-order valence-corrected chi connectivity index (χ0v) is 14.7. The number of furan rings is 1. The van der Waals surface area contributed by atoms with Gasteiger partial charge in [-0.25, -0.2) is 5.43 Å². The number of rotatable bonds is 5. The number of aromatic hydroxyl groups is 1. The highest BCUT2D eigenvalue weighted by atomic mass is 79.9. The number of phenols is 1. The van der Waals surface area contributed by atoms with Crippen LogP contribution in [-0.4, -0.2) is 29.7 Å². The summed E-state index contributed by atoms with van der Waals surface area (Å²) >= 11 is 6.38. The van der Waals surface area contributed by atoms with E-state index >= 15 is 0 Å². The van der Waals surface area contributed by atoms with Gasteiger partial charge in [-0.15, -0.1) is 0 Å². The SMILES string of the molecule is O=C(CNC(=O)c1ccco1)NN=Cc1cc(Br)c(O)c(Br)c1. The lowest BCUT2D eigenvalue weighted by Gasteiger charge is -2.03. The summed E-state index contributed by atoms with van der Waals surface area (Å²) < 4.78 is 5.88. The van der Waals surface area contributed by atoms with Gasteiger partial charge in [-0.2, -0.15) is 5.10 Å². The Labute approximate surface area is 148 Å². The molecule has 2 amide bonds. The lowest BCUT2D eigenvalue weighted by Crippen LogP contribution is -2.34. The number of carbonyl (C=O) groups is 2. The molecule has 2 aromatic rings. The number of hydrogen-bond donors (Lipinski definition) is 3. The van der Waals surface area contributed by atoms with Gasteiger partial charge in [0.1, 0.15) is 5.75 Å². The number of halogens is 2. The van der Waals surface area contributed by atoms with Crippen molar-refractivity contribution in [1.29, 1.82) is 0 Å². The number of hydrazone groups is 1. The molecule has 1 aromatic carbocycles. The molecule has 0 radical (unpaired) electrons. The van der Waals surface area contributed by atoms with Crippen molar-refractivity contribution < 1.29 is 19.1 Å². The predicted molar refractivity (Wildman–Crippen MR) is 90.3 cm³/mol. The Morgan fingerprint density at radius 3 is 2.61 bits per heavy atom. The highest BCUT2D eigenvalue weighted by molar-refractivity contribution is 9.11. The van der Waals surface area contributed by atoms with Crippen LogP contribution in [0.3, 0.4) is 0 Å². The van der Waals surface area contributed by atoms with Crippen molar-refractivity contribution in [3.8, 4) is 5.75 Å². The first-order valence-corrected chi connectivity index (χ1v) is 7.87. The highest BCUT2D eigenvalue weighted by Crippen LogP contribution is 2.32. The van der Waals surface area contributed by atoms with Gasteiger partial charge in [0, 0.05) is 0 Å². The average molecular weight is 445 g/mol. The molecular formula is C14H11Br2N3O4. The lowest BCUT2D eigenvalue weighted by atomic mass is 10.2. The van der Waals surface area contributed by atoms with E-state index in [-0.39, 0.29) is 18.1 Å². The van der Waals surface area contributed by atoms with E-state index in [0.29, 0.717) is 14.5 Å². The highest BCUT2D eigenvalue weighted by Gasteiger charge is 2.09. The average Bonchev–Trinajstić information content (AvgIpc) is 3.04. The molecule has 3 N–H and O–H groups in total. The van der Waals surface area contributed by atoms with Crippen LogP contribution in [0.2, 0.25) is 0 Å². The van der Waals surface area contributed by atoms with E-state index in [4.69, 9.17) is 4.42 Å². The lowest BCUT2D eigenvalue weighted by molar-refractivity contribution is -0.120. The van der Waals surface area contributed by atoms with Gasteiger partial charge >= 0.3 is 0 Å². The normalized spacial score (nSPS) is 10.7. The molecule has 2 rings (SSSR count). The summed E-state index contributed by atoms with van der Waals surface area (Å²) in [5.74, 6) is -0.773. The molecule has 1 heterocycles. The number of benzene rings is 1. The minimum Gasteiger partial charge on any atom is -0.506 e. The Hall–Kier alpha value is -2.13. The van der Waals surface area contributed by atoms with Gasteiger partial charge in [0.2, 0.25) is 0 Å². The first-order chi connectivity index (χ1) is 11.0. The maximum absolute atomic E-state index is 11.6. The molecule has 1 aromatic heterocycles. The minimum absolute atomic E-state index is 0.0758. The number of amides is 2. The second-order valence-electron chi connectivity index (χ2n) is 4.29. The summed E-state index contributed by atoms with van der Waals surface area (Å²) in [6.45, 7) is -0.236. The minimum atomic E-state index is -0.488. The van der Waals surface area contributed by atoms with Crippen LogP contribution >= 0.6 is 31.9 Å². The molecule has 0 bridgehead atoms. The molecule has 0 spiro atoms. The summed E-state index contributed by atoms with van der Waals surface area (Å²) in [5, 5.41) is 15.8. The fourth-order valence-electron chi connectivity index (χ4n) is 1.53. The van der Waals surface area contributed by atoms with Gasteiger partial charge in [0.05, 0.1) is 28.0 Å². The van der Waals surface area contributed by atoms with Crippen molar-refractivity contribution in [2.24, 2.45) is 5.10 Å². The number of nitrogens with one attached hydrogen (secondary N) is 2. The Balaban J connectivity index is 1.83. The second-order valence-corrected chi connectivity index (χ2v) is 5.99. The molecular weight excluding hydrogens is 434 g/mol. The molecule has 0 aliphatic rings. The zero-order valence-electron chi connectivity index (χ0n) is 11.5. The predicted octanol–water partition coefficient (Wildman–Crippen LogP) is 2.39. The standard InChI is InChI=1S/C14H11Br2N3O4/c15-9-4-8(5-10(16)13(9)21)6-18-19-12(20)7-17-14(22)11-2-1-3-23-11/h1-6,21H,7H2,(H,17,22)(H,19,20). The Bertz CT molecular complexity index is 721. The second kappa shape index (κ2) is 7.93. The third-order valence-electron chi connectivity index (χ3n) is 2.60. The third kappa shape index (κ3) is 4.93. The summed E-state index contributed by atoms with van der Waals surface area (Å²) in [6, 6.07) is 6.34. The van der Waals surface area contributed by atoms with Gasteiger partial charge in [0.15, 0.2) is 5.76 Å². The summed E-state index contributed by atoms with van der Waals surface area (Å²) in [6.07, 6.45) is 2.77. The molecule has 7 nitrogen and oxygen atoms in total. The van der Waals surface area contributed by atoms with E-state index in [1.807, 2.05) is 0 Å².